The van der Waals surface area contributed by atoms with Crippen LogP contribution in [0.1, 0.15) is 33.1 Å². The molecule has 0 saturated heterocycles. The molecule has 0 aromatic carbocycles. The van der Waals surface area contributed by atoms with Gasteiger partial charge in [-0.1, -0.05) is 0 Å². The minimum atomic E-state index is -7.62. The lowest BCUT2D eigenvalue weighted by Gasteiger charge is -2.37. The van der Waals surface area contributed by atoms with Crippen molar-refractivity contribution in [1.82, 2.24) is 0 Å². The van der Waals surface area contributed by atoms with Crippen LogP contribution in [0.2, 0.25) is 0 Å². The van der Waals surface area contributed by atoms with E-state index >= 15 is 0 Å². The van der Waals surface area contributed by atoms with Gasteiger partial charge in [0.15, 0.2) is 0 Å². The average molecular weight is 548 g/mol. The molecular formula is C15H16F16O3. The Labute approximate surface area is 180 Å². The van der Waals surface area contributed by atoms with Gasteiger partial charge in [-0.3, -0.25) is 9.47 Å². The van der Waals surface area contributed by atoms with Crippen molar-refractivity contribution in [3.63, 3.8) is 0 Å². The average Bonchev–Trinajstić information content (AvgIpc) is 2.58. The van der Waals surface area contributed by atoms with Gasteiger partial charge in [-0.2, -0.15) is 61.5 Å². The minimum Gasteiger partial charge on any atom is -0.342 e. The largest absolute Gasteiger partial charge is 0.460 e. The molecule has 3 nitrogen and oxygen atoms in total. The van der Waals surface area contributed by atoms with Crippen LogP contribution >= 0.6 is 0 Å². The molecule has 0 saturated carbocycles. The summed E-state index contributed by atoms with van der Waals surface area (Å²) in [5.41, 5.74) is 0. The van der Waals surface area contributed by atoms with Crippen LogP contribution in [0.4, 0.5) is 70.2 Å². The highest BCUT2D eigenvalue weighted by atomic mass is 19.4. The van der Waals surface area contributed by atoms with Crippen LogP contribution in [0.3, 0.4) is 0 Å². The monoisotopic (exact) mass is 548 g/mol. The van der Waals surface area contributed by atoms with E-state index in [1.165, 1.54) is 0 Å². The molecule has 4 atom stereocenters. The summed E-state index contributed by atoms with van der Waals surface area (Å²) < 4.78 is 215. The highest BCUT2D eigenvalue weighted by molar-refractivity contribution is 4.97. The van der Waals surface area contributed by atoms with E-state index < -0.39 is 67.8 Å². The summed E-state index contributed by atoms with van der Waals surface area (Å²) in [6.07, 6.45) is -41.2. The van der Waals surface area contributed by atoms with Crippen LogP contribution in [-0.2, 0) is 14.2 Å². The molecule has 0 aromatic rings. The smallest absolute Gasteiger partial charge is 0.342 e. The van der Waals surface area contributed by atoms with Gasteiger partial charge in [0.25, 0.3) is 12.6 Å². The Bertz CT molecular complexity index is 630. The first-order valence-corrected chi connectivity index (χ1v) is 8.73. The van der Waals surface area contributed by atoms with Crippen molar-refractivity contribution in [2.75, 3.05) is 0 Å². The maximum Gasteiger partial charge on any atom is 0.460 e. The van der Waals surface area contributed by atoms with Crippen molar-refractivity contribution >= 4 is 0 Å². The van der Waals surface area contributed by atoms with E-state index in [0.717, 1.165) is 6.92 Å². The normalized spacial score (nSPS) is 18.5. The maximum atomic E-state index is 13.9. The zero-order chi connectivity index (χ0) is 27.6. The second-order valence-electron chi connectivity index (χ2n) is 6.81. The molecule has 0 amide bonds. The Morgan fingerprint density at radius 1 is 0.647 bits per heavy atom. The van der Waals surface area contributed by atoms with Gasteiger partial charge < -0.3 is 4.74 Å². The molecule has 0 rings (SSSR count). The standard InChI is InChI=1S/C15H16F16O3/c1-6(16)4-3-5-7(2)32-9(11(21,22)33-8(17)10(18,19)20)34-15(30,31)13(25,26)12(23,24)14(27,28)29/h6-9H,3-5H2,1-2H3/t6?,7-,8?,9?/m1/s1. The second-order valence-corrected chi connectivity index (χ2v) is 6.81. The van der Waals surface area contributed by atoms with E-state index in [9.17, 15) is 70.2 Å². The summed E-state index contributed by atoms with van der Waals surface area (Å²) >= 11 is 0. The topological polar surface area (TPSA) is 27.7 Å². The summed E-state index contributed by atoms with van der Waals surface area (Å²) in [4.78, 5) is 0. The summed E-state index contributed by atoms with van der Waals surface area (Å²) in [6.45, 7) is 1.65. The highest BCUT2D eigenvalue weighted by Crippen LogP contribution is 2.54. The molecule has 0 aliphatic carbocycles. The van der Waals surface area contributed by atoms with Crippen molar-refractivity contribution < 1.29 is 84.5 Å². The zero-order valence-corrected chi connectivity index (χ0v) is 16.7. The molecular weight excluding hydrogens is 532 g/mol. The fourth-order valence-electron chi connectivity index (χ4n) is 1.97. The summed E-state index contributed by atoms with van der Waals surface area (Å²) in [5, 5.41) is 0. The zero-order valence-electron chi connectivity index (χ0n) is 16.7. The predicted molar refractivity (Wildman–Crippen MR) is 77.7 cm³/mol. The molecule has 0 spiro atoms. The van der Waals surface area contributed by atoms with Gasteiger partial charge in [-0.15, -0.1) is 0 Å². The number of hydrogen-bond acceptors (Lipinski definition) is 3. The lowest BCUT2D eigenvalue weighted by Crippen LogP contribution is -2.63. The molecule has 0 heterocycles. The number of hydrogen-bond donors (Lipinski definition) is 0. The molecule has 34 heavy (non-hydrogen) atoms. The third-order valence-electron chi connectivity index (χ3n) is 3.73. The van der Waals surface area contributed by atoms with E-state index in [2.05, 4.69) is 14.2 Å². The molecule has 0 aromatic heterocycles. The van der Waals surface area contributed by atoms with Gasteiger partial charge in [-0.25, -0.2) is 8.78 Å². The number of alkyl halides is 16. The molecule has 206 valence electrons. The van der Waals surface area contributed by atoms with Gasteiger partial charge in [-0.05, 0) is 33.1 Å². The number of rotatable bonds is 13. The fraction of sp³-hybridized carbons (Fsp3) is 1.00. The van der Waals surface area contributed by atoms with Crippen LogP contribution in [-0.4, -0.2) is 61.3 Å². The van der Waals surface area contributed by atoms with Crippen molar-refractivity contribution in [1.29, 1.82) is 0 Å². The quantitative estimate of drug-likeness (QED) is 0.181. The van der Waals surface area contributed by atoms with Crippen molar-refractivity contribution in [3.05, 3.63) is 0 Å². The Hall–Kier alpha value is -1.24. The van der Waals surface area contributed by atoms with Gasteiger partial charge in [0.05, 0.1) is 12.3 Å². The highest BCUT2D eigenvalue weighted by Gasteiger charge is 2.83. The predicted octanol–water partition coefficient (Wildman–Crippen LogP) is 7.16. The summed E-state index contributed by atoms with van der Waals surface area (Å²) in [5.74, 6) is -15.2. The molecule has 3 unspecified atom stereocenters. The van der Waals surface area contributed by atoms with Gasteiger partial charge >= 0.3 is 36.4 Å². The Morgan fingerprint density at radius 3 is 1.50 bits per heavy atom. The van der Waals surface area contributed by atoms with E-state index in [1.54, 1.807) is 0 Å². The van der Waals surface area contributed by atoms with Crippen molar-refractivity contribution in [2.45, 2.75) is 94.4 Å². The Balaban J connectivity index is 6.06. The molecule has 0 fully saturated rings. The molecule has 0 aliphatic heterocycles. The number of halogens is 16. The van der Waals surface area contributed by atoms with Gasteiger partial charge in [0, 0.05) is 0 Å². The lowest BCUT2D eigenvalue weighted by atomic mass is 10.1. The lowest BCUT2D eigenvalue weighted by molar-refractivity contribution is -0.497. The van der Waals surface area contributed by atoms with Crippen molar-refractivity contribution in [3.8, 4) is 0 Å². The van der Waals surface area contributed by atoms with Crippen LogP contribution in [0.5, 0.6) is 0 Å². The first-order chi connectivity index (χ1) is 14.8. The number of ether oxygens (including phenoxy) is 3. The van der Waals surface area contributed by atoms with Gasteiger partial charge in [0.1, 0.15) is 0 Å². The van der Waals surface area contributed by atoms with E-state index in [-0.39, 0.29) is 12.8 Å². The van der Waals surface area contributed by atoms with Crippen molar-refractivity contribution in [2.24, 2.45) is 0 Å². The molecule has 0 radical (unpaired) electrons. The Morgan fingerprint density at radius 2 is 1.12 bits per heavy atom. The molecule has 19 heteroatoms. The molecule has 0 N–H and O–H groups in total. The SMILES string of the molecule is CC(F)CCC[C@@H](C)OC(OC(F)(F)C(F)(F)C(F)(F)C(F)(F)F)C(F)(F)OC(F)C(F)(F)F. The first-order valence-electron chi connectivity index (χ1n) is 8.73. The van der Waals surface area contributed by atoms with Crippen LogP contribution in [0.25, 0.3) is 0 Å². The fourth-order valence-corrected chi connectivity index (χ4v) is 1.97. The van der Waals surface area contributed by atoms with Crippen LogP contribution in [0, 0.1) is 0 Å². The van der Waals surface area contributed by atoms with Crippen LogP contribution in [0.15, 0.2) is 0 Å². The first kappa shape index (κ1) is 32.8. The second kappa shape index (κ2) is 10.8. The summed E-state index contributed by atoms with van der Waals surface area (Å²) in [7, 11) is 0. The Kier molecular flexibility index (Phi) is 10.4. The minimum absolute atomic E-state index is 0.315. The van der Waals surface area contributed by atoms with E-state index in [1.807, 2.05) is 0 Å². The van der Waals surface area contributed by atoms with E-state index in [0.29, 0.717) is 6.92 Å². The third-order valence-corrected chi connectivity index (χ3v) is 3.73. The third kappa shape index (κ3) is 8.17. The molecule has 0 bridgehead atoms. The van der Waals surface area contributed by atoms with Gasteiger partial charge in [0.2, 0.25) is 0 Å². The maximum absolute atomic E-state index is 13.9. The van der Waals surface area contributed by atoms with E-state index in [4.69, 9.17) is 0 Å². The summed E-state index contributed by atoms with van der Waals surface area (Å²) in [6, 6.07) is 0. The van der Waals surface area contributed by atoms with Crippen LogP contribution < -0.4 is 0 Å². The molecule has 0 aliphatic rings.